The molecule has 4 nitrogen and oxygen atoms in total. The summed E-state index contributed by atoms with van der Waals surface area (Å²) in [5, 5.41) is 11.8. The number of hydrogen-bond acceptors (Lipinski definition) is 4. The van der Waals surface area contributed by atoms with Gasteiger partial charge in [0.25, 0.3) is 5.91 Å². The SMILES string of the molecule is CSCC[C@H](NC(=O)c1cc2c(s1)CCCC2)C(=O)O. The van der Waals surface area contributed by atoms with Gasteiger partial charge in [0.2, 0.25) is 0 Å². The number of hydrogen-bond donors (Lipinski definition) is 2. The quantitative estimate of drug-likeness (QED) is 0.847. The molecule has 20 heavy (non-hydrogen) atoms. The number of carboxylic acid groups (broad SMARTS) is 1. The van der Waals surface area contributed by atoms with E-state index in [1.807, 2.05) is 12.3 Å². The van der Waals surface area contributed by atoms with Crippen LogP contribution in [0.1, 0.15) is 39.4 Å². The first-order valence-corrected chi connectivity index (χ1v) is 8.97. The van der Waals surface area contributed by atoms with Gasteiger partial charge in [-0.3, -0.25) is 4.79 Å². The highest BCUT2D eigenvalue weighted by Crippen LogP contribution is 2.29. The highest BCUT2D eigenvalue weighted by Gasteiger charge is 2.22. The molecule has 0 aliphatic heterocycles. The van der Waals surface area contributed by atoms with Crippen LogP contribution in [0.4, 0.5) is 0 Å². The molecule has 1 aromatic rings. The van der Waals surface area contributed by atoms with E-state index in [4.69, 9.17) is 5.11 Å². The van der Waals surface area contributed by atoms with Crippen molar-refractivity contribution in [3.63, 3.8) is 0 Å². The molecule has 1 aliphatic rings. The fourth-order valence-electron chi connectivity index (χ4n) is 2.33. The van der Waals surface area contributed by atoms with Gasteiger partial charge in [0, 0.05) is 4.88 Å². The van der Waals surface area contributed by atoms with E-state index in [1.165, 1.54) is 34.6 Å². The van der Waals surface area contributed by atoms with E-state index in [1.54, 1.807) is 11.8 Å². The van der Waals surface area contributed by atoms with Crippen molar-refractivity contribution < 1.29 is 14.7 Å². The molecule has 110 valence electrons. The molecule has 0 saturated heterocycles. The second-order valence-electron chi connectivity index (χ2n) is 4.91. The van der Waals surface area contributed by atoms with Crippen LogP contribution in [0.5, 0.6) is 0 Å². The zero-order valence-electron chi connectivity index (χ0n) is 11.5. The molecule has 0 saturated carbocycles. The third-order valence-electron chi connectivity index (χ3n) is 3.43. The van der Waals surface area contributed by atoms with Crippen LogP contribution in [0.15, 0.2) is 6.07 Å². The Morgan fingerprint density at radius 1 is 1.45 bits per heavy atom. The summed E-state index contributed by atoms with van der Waals surface area (Å²) < 4.78 is 0. The highest BCUT2D eigenvalue weighted by atomic mass is 32.2. The van der Waals surface area contributed by atoms with E-state index in [0.29, 0.717) is 11.3 Å². The van der Waals surface area contributed by atoms with Crippen LogP contribution < -0.4 is 5.32 Å². The Bertz CT molecular complexity index is 475. The number of rotatable bonds is 6. The molecule has 0 bridgehead atoms. The molecule has 0 radical (unpaired) electrons. The summed E-state index contributed by atoms with van der Waals surface area (Å²) in [6.45, 7) is 0. The van der Waals surface area contributed by atoms with Crippen LogP contribution >= 0.6 is 23.1 Å². The molecule has 1 aliphatic carbocycles. The Morgan fingerprint density at radius 2 is 2.20 bits per heavy atom. The van der Waals surface area contributed by atoms with Crippen molar-refractivity contribution in [3.05, 3.63) is 21.4 Å². The van der Waals surface area contributed by atoms with E-state index < -0.39 is 12.0 Å². The number of carbonyl (C=O) groups excluding carboxylic acids is 1. The molecule has 2 rings (SSSR count). The summed E-state index contributed by atoms with van der Waals surface area (Å²) in [6.07, 6.45) is 6.81. The second-order valence-corrected chi connectivity index (χ2v) is 7.03. The van der Waals surface area contributed by atoms with Gasteiger partial charge in [0.05, 0.1) is 4.88 Å². The average molecular weight is 313 g/mol. The van der Waals surface area contributed by atoms with Crippen molar-refractivity contribution >= 4 is 35.0 Å². The first kappa shape index (κ1) is 15.4. The summed E-state index contributed by atoms with van der Waals surface area (Å²) in [5.74, 6) is -0.496. The largest absolute Gasteiger partial charge is 0.480 e. The Morgan fingerprint density at radius 3 is 2.85 bits per heavy atom. The normalized spacial score (nSPS) is 15.4. The number of carboxylic acids is 1. The zero-order chi connectivity index (χ0) is 14.5. The maximum Gasteiger partial charge on any atom is 0.326 e. The number of carbonyl (C=O) groups is 2. The Hall–Kier alpha value is -1.01. The summed E-state index contributed by atoms with van der Waals surface area (Å²) in [4.78, 5) is 25.3. The van der Waals surface area contributed by atoms with Crippen molar-refractivity contribution in [1.29, 1.82) is 0 Å². The molecular formula is C14H19NO3S2. The first-order chi connectivity index (χ1) is 9.61. The molecule has 0 fully saturated rings. The average Bonchev–Trinajstić information content (AvgIpc) is 2.86. The minimum absolute atomic E-state index is 0.252. The Balaban J connectivity index is 2.02. The molecular weight excluding hydrogens is 294 g/mol. The minimum atomic E-state index is -0.964. The van der Waals surface area contributed by atoms with Gasteiger partial charge >= 0.3 is 5.97 Å². The van der Waals surface area contributed by atoms with Crippen molar-refractivity contribution in [3.8, 4) is 0 Å². The predicted octanol–water partition coefficient (Wildman–Crippen LogP) is 2.56. The lowest BCUT2D eigenvalue weighted by molar-refractivity contribution is -0.139. The topological polar surface area (TPSA) is 66.4 Å². The third kappa shape index (κ3) is 3.76. The minimum Gasteiger partial charge on any atom is -0.480 e. The molecule has 1 aromatic heterocycles. The van der Waals surface area contributed by atoms with E-state index in [0.717, 1.165) is 18.6 Å². The van der Waals surface area contributed by atoms with Gasteiger partial charge < -0.3 is 10.4 Å². The van der Waals surface area contributed by atoms with Gasteiger partial charge in [-0.1, -0.05) is 0 Å². The number of nitrogens with one attached hydrogen (secondary N) is 1. The maximum absolute atomic E-state index is 12.2. The Labute approximate surface area is 127 Å². The van der Waals surface area contributed by atoms with Crippen molar-refractivity contribution in [2.45, 2.75) is 38.1 Å². The van der Waals surface area contributed by atoms with Crippen LogP contribution in [-0.4, -0.2) is 35.0 Å². The molecule has 1 heterocycles. The standard InChI is InChI=1S/C14H19NO3S2/c1-19-7-6-10(14(17)18)15-13(16)12-8-9-4-2-3-5-11(9)20-12/h8,10H,2-7H2,1H3,(H,15,16)(H,17,18)/t10-/m0/s1. The molecule has 0 unspecified atom stereocenters. The smallest absolute Gasteiger partial charge is 0.326 e. The van der Waals surface area contributed by atoms with Gasteiger partial charge in [0.15, 0.2) is 0 Å². The van der Waals surface area contributed by atoms with Crippen molar-refractivity contribution in [2.24, 2.45) is 0 Å². The Kier molecular flexibility index (Phi) is 5.48. The van der Waals surface area contributed by atoms with Gasteiger partial charge in [-0.15, -0.1) is 11.3 Å². The molecule has 1 amide bonds. The molecule has 1 atom stereocenters. The second kappa shape index (κ2) is 7.13. The van der Waals surface area contributed by atoms with Crippen molar-refractivity contribution in [1.82, 2.24) is 5.32 Å². The van der Waals surface area contributed by atoms with Crippen molar-refractivity contribution in [2.75, 3.05) is 12.0 Å². The summed E-state index contributed by atoms with van der Waals surface area (Å²) in [7, 11) is 0. The van der Waals surface area contributed by atoms with Gasteiger partial charge in [-0.2, -0.15) is 11.8 Å². The molecule has 0 aromatic carbocycles. The third-order valence-corrected chi connectivity index (χ3v) is 5.31. The van der Waals surface area contributed by atoms with Gasteiger partial charge in [-0.25, -0.2) is 4.79 Å². The first-order valence-electron chi connectivity index (χ1n) is 6.76. The summed E-state index contributed by atoms with van der Waals surface area (Å²) in [6, 6.07) is 1.14. The number of thioether (sulfide) groups is 1. The lowest BCUT2D eigenvalue weighted by Gasteiger charge is -2.12. The number of aliphatic carboxylic acids is 1. The van der Waals surface area contributed by atoms with Crippen LogP contribution in [0.25, 0.3) is 0 Å². The van der Waals surface area contributed by atoms with Gasteiger partial charge in [0.1, 0.15) is 6.04 Å². The molecule has 6 heteroatoms. The lowest BCUT2D eigenvalue weighted by atomic mass is 9.99. The highest BCUT2D eigenvalue weighted by molar-refractivity contribution is 7.98. The number of amides is 1. The number of thiophene rings is 1. The molecule has 0 spiro atoms. The van der Waals surface area contributed by atoms with Crippen LogP contribution in [-0.2, 0) is 17.6 Å². The predicted molar refractivity (Wildman–Crippen MR) is 82.9 cm³/mol. The van der Waals surface area contributed by atoms with E-state index in [2.05, 4.69) is 5.32 Å². The summed E-state index contributed by atoms with van der Waals surface area (Å²) in [5.41, 5.74) is 1.27. The number of aryl methyl sites for hydroxylation is 2. The molecule has 2 N–H and O–H groups in total. The zero-order valence-corrected chi connectivity index (χ0v) is 13.1. The fourth-order valence-corrected chi connectivity index (χ4v) is 3.95. The van der Waals surface area contributed by atoms with Crippen LogP contribution in [0, 0.1) is 0 Å². The monoisotopic (exact) mass is 313 g/mol. The summed E-state index contributed by atoms with van der Waals surface area (Å²) >= 11 is 3.09. The maximum atomic E-state index is 12.2. The van der Waals surface area contributed by atoms with Gasteiger partial charge in [-0.05, 0) is 55.7 Å². The van der Waals surface area contributed by atoms with E-state index >= 15 is 0 Å². The van der Waals surface area contributed by atoms with E-state index in [-0.39, 0.29) is 5.91 Å². The lowest BCUT2D eigenvalue weighted by Crippen LogP contribution is -2.40. The fraction of sp³-hybridized carbons (Fsp3) is 0.571. The van der Waals surface area contributed by atoms with Crippen LogP contribution in [0.3, 0.4) is 0 Å². The number of fused-ring (bicyclic) bond motifs is 1. The van der Waals surface area contributed by atoms with E-state index in [9.17, 15) is 9.59 Å². The van der Waals surface area contributed by atoms with Crippen LogP contribution in [0.2, 0.25) is 0 Å².